The summed E-state index contributed by atoms with van der Waals surface area (Å²) in [5.41, 5.74) is 3.76. The SMILES string of the molecule is CN1C2=C(C3CCCCC3C2)C2CCCCC21. The Hall–Kier alpha value is -0.460. The van der Waals surface area contributed by atoms with E-state index >= 15 is 0 Å². The molecule has 0 bridgehead atoms. The predicted molar refractivity (Wildman–Crippen MR) is 70.6 cm³/mol. The molecule has 2 saturated carbocycles. The van der Waals surface area contributed by atoms with Gasteiger partial charge in [0.05, 0.1) is 0 Å². The van der Waals surface area contributed by atoms with E-state index < -0.39 is 0 Å². The zero-order valence-electron chi connectivity index (χ0n) is 11.1. The number of allylic oxidation sites excluding steroid dienone is 1. The van der Waals surface area contributed by atoms with Crippen LogP contribution in [0.25, 0.3) is 0 Å². The van der Waals surface area contributed by atoms with Crippen LogP contribution in [0.3, 0.4) is 0 Å². The first-order valence-corrected chi connectivity index (χ1v) is 7.82. The molecular formula is C16H25N. The van der Waals surface area contributed by atoms with Crippen LogP contribution in [0.15, 0.2) is 11.3 Å². The van der Waals surface area contributed by atoms with Crippen molar-refractivity contribution < 1.29 is 0 Å². The van der Waals surface area contributed by atoms with E-state index in [1.165, 1.54) is 57.8 Å². The highest BCUT2D eigenvalue weighted by Crippen LogP contribution is 2.56. The van der Waals surface area contributed by atoms with E-state index in [0.29, 0.717) is 0 Å². The van der Waals surface area contributed by atoms with Gasteiger partial charge in [-0.2, -0.15) is 0 Å². The van der Waals surface area contributed by atoms with Crippen LogP contribution in [0.2, 0.25) is 0 Å². The van der Waals surface area contributed by atoms with Gasteiger partial charge in [0.2, 0.25) is 0 Å². The van der Waals surface area contributed by atoms with Crippen LogP contribution in [0.4, 0.5) is 0 Å². The van der Waals surface area contributed by atoms with E-state index in [0.717, 1.165) is 23.8 Å². The van der Waals surface area contributed by atoms with Crippen LogP contribution in [0.1, 0.15) is 57.8 Å². The molecule has 1 aliphatic heterocycles. The highest BCUT2D eigenvalue weighted by atomic mass is 15.2. The minimum Gasteiger partial charge on any atom is -0.374 e. The van der Waals surface area contributed by atoms with Gasteiger partial charge in [-0.25, -0.2) is 0 Å². The summed E-state index contributed by atoms with van der Waals surface area (Å²) in [4.78, 5) is 2.71. The number of likely N-dealkylation sites (tertiary alicyclic amines) is 1. The van der Waals surface area contributed by atoms with Gasteiger partial charge >= 0.3 is 0 Å². The van der Waals surface area contributed by atoms with Gasteiger partial charge in [0.1, 0.15) is 0 Å². The number of rotatable bonds is 0. The summed E-state index contributed by atoms with van der Waals surface area (Å²) in [5.74, 6) is 3.02. The summed E-state index contributed by atoms with van der Waals surface area (Å²) in [5, 5.41) is 0. The standard InChI is InChI=1S/C16H25N/c1-17-14-9-5-4-8-13(14)16-12-7-3-2-6-11(12)10-15(16)17/h11-14H,2-10H2,1H3. The molecule has 0 spiro atoms. The second kappa shape index (κ2) is 3.76. The molecule has 94 valence electrons. The molecule has 0 radical (unpaired) electrons. The van der Waals surface area contributed by atoms with E-state index in [-0.39, 0.29) is 0 Å². The quantitative estimate of drug-likeness (QED) is 0.610. The second-order valence-electron chi connectivity index (χ2n) is 6.83. The molecule has 4 unspecified atom stereocenters. The number of nitrogens with zero attached hydrogens (tertiary/aromatic N) is 1. The van der Waals surface area contributed by atoms with Crippen LogP contribution >= 0.6 is 0 Å². The van der Waals surface area contributed by atoms with E-state index in [9.17, 15) is 0 Å². The molecule has 1 heterocycles. The zero-order chi connectivity index (χ0) is 11.4. The van der Waals surface area contributed by atoms with Gasteiger partial charge in [-0.15, -0.1) is 0 Å². The summed E-state index contributed by atoms with van der Waals surface area (Å²) in [6, 6.07) is 0.900. The van der Waals surface area contributed by atoms with E-state index in [1.807, 2.05) is 5.57 Å². The number of hydrogen-bond donors (Lipinski definition) is 0. The van der Waals surface area contributed by atoms with Gasteiger partial charge in [-0.05, 0) is 49.5 Å². The van der Waals surface area contributed by atoms with E-state index in [4.69, 9.17) is 0 Å². The monoisotopic (exact) mass is 231 g/mol. The van der Waals surface area contributed by atoms with Crippen molar-refractivity contribution in [3.8, 4) is 0 Å². The molecule has 4 rings (SSSR count). The van der Waals surface area contributed by atoms with Gasteiger partial charge in [0, 0.05) is 24.7 Å². The molecule has 17 heavy (non-hydrogen) atoms. The van der Waals surface area contributed by atoms with Crippen molar-refractivity contribution in [2.24, 2.45) is 17.8 Å². The summed E-state index contributed by atoms with van der Waals surface area (Å²) in [6.07, 6.45) is 13.4. The third-order valence-corrected chi connectivity index (χ3v) is 6.15. The summed E-state index contributed by atoms with van der Waals surface area (Å²) in [7, 11) is 2.39. The van der Waals surface area contributed by atoms with Crippen molar-refractivity contribution in [3.05, 3.63) is 11.3 Å². The Labute approximate surface area is 105 Å². The summed E-state index contributed by atoms with van der Waals surface area (Å²) < 4.78 is 0. The highest BCUT2D eigenvalue weighted by Gasteiger charge is 2.48. The lowest BCUT2D eigenvalue weighted by atomic mass is 9.71. The lowest BCUT2D eigenvalue weighted by molar-refractivity contribution is 0.176. The average molecular weight is 231 g/mol. The minimum absolute atomic E-state index is 0.900. The molecule has 0 aromatic rings. The molecule has 0 saturated heterocycles. The third-order valence-electron chi connectivity index (χ3n) is 6.15. The van der Waals surface area contributed by atoms with Crippen molar-refractivity contribution in [1.29, 1.82) is 0 Å². The smallest absolute Gasteiger partial charge is 0.0349 e. The lowest BCUT2D eigenvalue weighted by Crippen LogP contribution is -2.36. The molecule has 1 nitrogen and oxygen atoms in total. The molecule has 0 N–H and O–H groups in total. The first-order chi connectivity index (χ1) is 8.36. The van der Waals surface area contributed by atoms with Crippen molar-refractivity contribution in [1.82, 2.24) is 4.90 Å². The Balaban J connectivity index is 1.68. The molecule has 0 aromatic heterocycles. The molecule has 1 heteroatoms. The Bertz CT molecular complexity index is 357. The average Bonchev–Trinajstić information content (AvgIpc) is 2.88. The Morgan fingerprint density at radius 3 is 2.47 bits per heavy atom. The molecule has 4 atom stereocenters. The van der Waals surface area contributed by atoms with Gasteiger partial charge < -0.3 is 4.90 Å². The fourth-order valence-corrected chi connectivity index (χ4v) is 5.42. The first-order valence-electron chi connectivity index (χ1n) is 7.82. The van der Waals surface area contributed by atoms with Crippen LogP contribution in [-0.4, -0.2) is 18.0 Å². The maximum atomic E-state index is 2.71. The molecule has 4 aliphatic rings. The summed E-state index contributed by atoms with van der Waals surface area (Å²) in [6.45, 7) is 0. The van der Waals surface area contributed by atoms with Gasteiger partial charge in [0.25, 0.3) is 0 Å². The molecule has 3 aliphatic carbocycles. The predicted octanol–water partition coefficient (Wildman–Crippen LogP) is 3.95. The first kappa shape index (κ1) is 10.5. The summed E-state index contributed by atoms with van der Waals surface area (Å²) >= 11 is 0. The lowest BCUT2D eigenvalue weighted by Gasteiger charge is -2.38. The molecule has 0 amide bonds. The Kier molecular flexibility index (Phi) is 2.32. The maximum Gasteiger partial charge on any atom is 0.0349 e. The van der Waals surface area contributed by atoms with E-state index in [2.05, 4.69) is 11.9 Å². The van der Waals surface area contributed by atoms with Crippen LogP contribution < -0.4 is 0 Å². The molecular weight excluding hydrogens is 206 g/mol. The van der Waals surface area contributed by atoms with E-state index in [1.54, 1.807) is 5.70 Å². The highest BCUT2D eigenvalue weighted by molar-refractivity contribution is 5.34. The topological polar surface area (TPSA) is 3.24 Å². The van der Waals surface area contributed by atoms with Gasteiger partial charge in [-0.3, -0.25) is 0 Å². The largest absolute Gasteiger partial charge is 0.374 e. The maximum absolute atomic E-state index is 2.71. The van der Waals surface area contributed by atoms with Gasteiger partial charge in [0.15, 0.2) is 0 Å². The fourth-order valence-electron chi connectivity index (χ4n) is 5.42. The Morgan fingerprint density at radius 2 is 1.59 bits per heavy atom. The number of fused-ring (bicyclic) bond motifs is 4. The molecule has 2 fully saturated rings. The second-order valence-corrected chi connectivity index (χ2v) is 6.83. The van der Waals surface area contributed by atoms with Crippen molar-refractivity contribution in [2.75, 3.05) is 7.05 Å². The fraction of sp³-hybridized carbons (Fsp3) is 0.875. The third kappa shape index (κ3) is 1.37. The zero-order valence-corrected chi connectivity index (χ0v) is 11.1. The van der Waals surface area contributed by atoms with Crippen molar-refractivity contribution in [3.63, 3.8) is 0 Å². The van der Waals surface area contributed by atoms with Crippen LogP contribution in [-0.2, 0) is 0 Å². The Morgan fingerprint density at radius 1 is 0.882 bits per heavy atom. The molecule has 0 aromatic carbocycles. The number of hydrogen-bond acceptors (Lipinski definition) is 1. The van der Waals surface area contributed by atoms with Crippen molar-refractivity contribution in [2.45, 2.75) is 63.8 Å². The van der Waals surface area contributed by atoms with Gasteiger partial charge in [-0.1, -0.05) is 25.7 Å². The normalized spacial score (nSPS) is 44.6. The van der Waals surface area contributed by atoms with Crippen molar-refractivity contribution >= 4 is 0 Å². The van der Waals surface area contributed by atoms with Crippen LogP contribution in [0.5, 0.6) is 0 Å². The minimum atomic E-state index is 0.900. The van der Waals surface area contributed by atoms with Crippen LogP contribution in [0, 0.1) is 17.8 Å².